The van der Waals surface area contributed by atoms with Crippen molar-refractivity contribution in [2.75, 3.05) is 20.2 Å². The summed E-state index contributed by atoms with van der Waals surface area (Å²) in [6.07, 6.45) is 3.98. The second-order valence-electron chi connectivity index (χ2n) is 5.76. The minimum absolute atomic E-state index is 0.407. The van der Waals surface area contributed by atoms with Crippen molar-refractivity contribution in [3.63, 3.8) is 0 Å². The van der Waals surface area contributed by atoms with Crippen LogP contribution in [0.5, 0.6) is 0 Å². The number of unbranched alkanes of at least 4 members (excludes halogenated alkanes) is 1. The fourth-order valence-corrected chi connectivity index (χ4v) is 1.94. The van der Waals surface area contributed by atoms with Crippen molar-refractivity contribution in [2.45, 2.75) is 78.0 Å². The molecule has 0 aliphatic rings. The molecule has 0 amide bonds. The fraction of sp³-hybridized carbons (Fsp3) is 1.00. The quantitative estimate of drug-likeness (QED) is 0.654. The molecule has 0 spiro atoms. The highest BCUT2D eigenvalue weighted by atomic mass is 16.5. The summed E-state index contributed by atoms with van der Waals surface area (Å²) in [6.45, 7) is 12.7. The lowest BCUT2D eigenvalue weighted by atomic mass is 9.98. The molecule has 0 aromatic heterocycles. The Labute approximate surface area is 114 Å². The van der Waals surface area contributed by atoms with E-state index in [0.29, 0.717) is 6.04 Å². The Bertz CT molecular complexity index is 207. The number of methoxy groups -OCH3 is 1. The van der Waals surface area contributed by atoms with Gasteiger partial charge in [-0.05, 0) is 46.6 Å². The van der Waals surface area contributed by atoms with Gasteiger partial charge in [-0.2, -0.15) is 0 Å². The number of rotatable bonds is 10. The van der Waals surface area contributed by atoms with Crippen molar-refractivity contribution >= 4 is 0 Å². The van der Waals surface area contributed by atoms with Gasteiger partial charge in [-0.25, -0.2) is 0 Å². The van der Waals surface area contributed by atoms with Crippen molar-refractivity contribution < 1.29 is 9.84 Å². The van der Waals surface area contributed by atoms with Gasteiger partial charge in [0.15, 0.2) is 0 Å². The molecule has 0 saturated heterocycles. The summed E-state index contributed by atoms with van der Waals surface area (Å²) in [5.41, 5.74) is -0.453. The van der Waals surface area contributed by atoms with Crippen molar-refractivity contribution in [3.05, 3.63) is 0 Å². The van der Waals surface area contributed by atoms with Gasteiger partial charge in [0.25, 0.3) is 0 Å². The van der Waals surface area contributed by atoms with Crippen LogP contribution >= 0.6 is 0 Å². The molecular formula is C15H33NO2. The first kappa shape index (κ1) is 17.9. The summed E-state index contributed by atoms with van der Waals surface area (Å²) in [6, 6.07) is 0.592. The largest absolute Gasteiger partial charge is 0.390 e. The third kappa shape index (κ3) is 6.17. The number of hydrogen-bond acceptors (Lipinski definition) is 3. The van der Waals surface area contributed by atoms with E-state index in [1.807, 2.05) is 13.8 Å². The molecule has 0 aliphatic heterocycles. The molecule has 2 atom stereocenters. The summed E-state index contributed by atoms with van der Waals surface area (Å²) < 4.78 is 5.33. The number of nitrogens with zero attached hydrogens (tertiary/aromatic N) is 1. The van der Waals surface area contributed by atoms with Crippen LogP contribution < -0.4 is 0 Å². The van der Waals surface area contributed by atoms with Crippen LogP contribution in [0.15, 0.2) is 0 Å². The van der Waals surface area contributed by atoms with Gasteiger partial charge >= 0.3 is 0 Å². The molecule has 0 aromatic rings. The summed E-state index contributed by atoms with van der Waals surface area (Å²) in [5.74, 6) is 0. The van der Waals surface area contributed by atoms with Gasteiger partial charge in [0.05, 0.1) is 11.7 Å². The van der Waals surface area contributed by atoms with E-state index in [2.05, 4.69) is 25.7 Å². The molecule has 0 aliphatic carbocycles. The topological polar surface area (TPSA) is 32.7 Å². The van der Waals surface area contributed by atoms with Crippen LogP contribution in [0.1, 0.15) is 60.3 Å². The predicted molar refractivity (Wildman–Crippen MR) is 77.9 cm³/mol. The Balaban J connectivity index is 4.24. The van der Waals surface area contributed by atoms with Crippen molar-refractivity contribution in [2.24, 2.45) is 0 Å². The van der Waals surface area contributed by atoms with Crippen LogP contribution in [0, 0.1) is 0 Å². The van der Waals surface area contributed by atoms with E-state index in [9.17, 15) is 5.11 Å². The second kappa shape index (κ2) is 8.89. The Morgan fingerprint density at radius 3 is 2.28 bits per heavy atom. The zero-order valence-electron chi connectivity index (χ0n) is 13.2. The minimum atomic E-state index is -0.453. The van der Waals surface area contributed by atoms with Gasteiger partial charge in [0.1, 0.15) is 0 Å². The molecule has 0 saturated carbocycles. The summed E-state index contributed by atoms with van der Waals surface area (Å²) >= 11 is 0. The lowest BCUT2D eigenvalue weighted by molar-refractivity contribution is -0.0831. The Morgan fingerprint density at radius 1 is 1.22 bits per heavy atom. The molecule has 0 heterocycles. The minimum Gasteiger partial charge on any atom is -0.390 e. The van der Waals surface area contributed by atoms with E-state index in [-0.39, 0.29) is 0 Å². The van der Waals surface area contributed by atoms with Gasteiger partial charge < -0.3 is 14.7 Å². The Morgan fingerprint density at radius 2 is 1.83 bits per heavy atom. The zero-order chi connectivity index (χ0) is 14.2. The van der Waals surface area contributed by atoms with Gasteiger partial charge in [-0.15, -0.1) is 0 Å². The zero-order valence-corrected chi connectivity index (χ0v) is 13.2. The summed E-state index contributed by atoms with van der Waals surface area (Å²) in [4.78, 5) is 2.48. The average Bonchev–Trinajstić information content (AvgIpc) is 2.37. The van der Waals surface area contributed by atoms with Crippen molar-refractivity contribution in [1.82, 2.24) is 4.90 Å². The van der Waals surface area contributed by atoms with Crippen molar-refractivity contribution in [1.29, 1.82) is 0 Å². The van der Waals surface area contributed by atoms with E-state index in [1.54, 1.807) is 7.11 Å². The van der Waals surface area contributed by atoms with E-state index in [1.165, 1.54) is 12.8 Å². The van der Waals surface area contributed by atoms with Crippen molar-refractivity contribution in [3.8, 4) is 0 Å². The van der Waals surface area contributed by atoms with Crippen LogP contribution in [0.4, 0.5) is 0 Å². The molecule has 1 N–H and O–H groups in total. The highest BCUT2D eigenvalue weighted by Gasteiger charge is 2.27. The molecular weight excluding hydrogens is 226 g/mol. The van der Waals surface area contributed by atoms with Crippen LogP contribution in [-0.2, 0) is 4.74 Å². The maximum atomic E-state index is 10.2. The first-order chi connectivity index (χ1) is 8.38. The molecule has 0 fully saturated rings. The highest BCUT2D eigenvalue weighted by Crippen LogP contribution is 2.18. The SMILES string of the molecule is CCCCN(CCC(O)C(C)(C)OC)C(C)CC. The van der Waals surface area contributed by atoms with E-state index >= 15 is 0 Å². The molecule has 0 rings (SSSR count). The van der Waals surface area contributed by atoms with E-state index in [0.717, 1.165) is 25.9 Å². The maximum absolute atomic E-state index is 10.2. The van der Waals surface area contributed by atoms with Crippen LogP contribution in [0.25, 0.3) is 0 Å². The first-order valence-electron chi connectivity index (χ1n) is 7.36. The highest BCUT2D eigenvalue weighted by molar-refractivity contribution is 4.80. The standard InChI is InChI=1S/C15H33NO2/c1-7-9-11-16(13(3)8-2)12-10-14(17)15(4,5)18-6/h13-14,17H,7-12H2,1-6H3. The second-order valence-corrected chi connectivity index (χ2v) is 5.76. The monoisotopic (exact) mass is 259 g/mol. The van der Waals surface area contributed by atoms with E-state index in [4.69, 9.17) is 4.74 Å². The molecule has 0 bridgehead atoms. The van der Waals surface area contributed by atoms with Crippen LogP contribution in [0.3, 0.4) is 0 Å². The van der Waals surface area contributed by atoms with Crippen LogP contribution in [0.2, 0.25) is 0 Å². The molecule has 0 aromatic carbocycles. The van der Waals surface area contributed by atoms with Gasteiger partial charge in [0.2, 0.25) is 0 Å². The Kier molecular flexibility index (Phi) is 8.83. The Hall–Kier alpha value is -0.120. The van der Waals surface area contributed by atoms with Gasteiger partial charge in [-0.3, -0.25) is 0 Å². The lowest BCUT2D eigenvalue weighted by Crippen LogP contribution is -2.42. The molecule has 0 radical (unpaired) electrons. The number of aliphatic hydroxyl groups excluding tert-OH is 1. The number of aliphatic hydroxyl groups is 1. The third-order valence-corrected chi connectivity index (χ3v) is 4.03. The summed E-state index contributed by atoms with van der Waals surface area (Å²) in [7, 11) is 1.66. The fourth-order valence-electron chi connectivity index (χ4n) is 1.94. The molecule has 18 heavy (non-hydrogen) atoms. The van der Waals surface area contributed by atoms with Crippen LogP contribution in [-0.4, -0.2) is 48.0 Å². The average molecular weight is 259 g/mol. The molecule has 3 nitrogen and oxygen atoms in total. The smallest absolute Gasteiger partial charge is 0.0880 e. The number of ether oxygens (including phenoxy) is 1. The molecule has 110 valence electrons. The van der Waals surface area contributed by atoms with E-state index < -0.39 is 11.7 Å². The maximum Gasteiger partial charge on any atom is 0.0880 e. The van der Waals surface area contributed by atoms with Gasteiger partial charge in [0, 0.05) is 19.7 Å². The van der Waals surface area contributed by atoms with Gasteiger partial charge in [-0.1, -0.05) is 20.3 Å². The lowest BCUT2D eigenvalue weighted by Gasteiger charge is -2.33. The molecule has 3 heteroatoms. The first-order valence-corrected chi connectivity index (χ1v) is 7.36. The molecule has 2 unspecified atom stereocenters. The third-order valence-electron chi connectivity index (χ3n) is 4.03. The number of hydrogen-bond donors (Lipinski definition) is 1. The predicted octanol–water partition coefficient (Wildman–Crippen LogP) is 3.06. The normalized spacial score (nSPS) is 16.0. The summed E-state index contributed by atoms with van der Waals surface area (Å²) in [5, 5.41) is 10.2.